The SMILES string of the molecule is Cc1cnc(C(Cc2ccc(F)cc2F)NN)cn1. The Morgan fingerprint density at radius 1 is 1.26 bits per heavy atom. The number of nitrogens with two attached hydrogens (primary N) is 1. The molecule has 0 radical (unpaired) electrons. The molecule has 0 saturated heterocycles. The first-order chi connectivity index (χ1) is 9.10. The van der Waals surface area contributed by atoms with Crippen LogP contribution in [0.25, 0.3) is 0 Å². The van der Waals surface area contributed by atoms with Gasteiger partial charge in [0.1, 0.15) is 11.6 Å². The molecule has 0 aliphatic carbocycles. The molecule has 1 atom stereocenters. The molecule has 0 aliphatic heterocycles. The zero-order chi connectivity index (χ0) is 13.8. The molecule has 0 amide bonds. The highest BCUT2D eigenvalue weighted by molar-refractivity contribution is 5.21. The molecule has 0 spiro atoms. The van der Waals surface area contributed by atoms with Crippen molar-refractivity contribution >= 4 is 0 Å². The number of nitrogens with zero attached hydrogens (tertiary/aromatic N) is 2. The summed E-state index contributed by atoms with van der Waals surface area (Å²) in [5.41, 5.74) is 4.33. The fourth-order valence-corrected chi connectivity index (χ4v) is 1.74. The zero-order valence-corrected chi connectivity index (χ0v) is 10.4. The first-order valence-electron chi connectivity index (χ1n) is 5.78. The van der Waals surface area contributed by atoms with Gasteiger partial charge in [0, 0.05) is 12.3 Å². The van der Waals surface area contributed by atoms with E-state index in [4.69, 9.17) is 5.84 Å². The number of hydrogen-bond donors (Lipinski definition) is 2. The van der Waals surface area contributed by atoms with Gasteiger partial charge in [0.15, 0.2) is 0 Å². The predicted molar refractivity (Wildman–Crippen MR) is 66.9 cm³/mol. The van der Waals surface area contributed by atoms with Gasteiger partial charge in [0.2, 0.25) is 0 Å². The van der Waals surface area contributed by atoms with E-state index in [2.05, 4.69) is 15.4 Å². The molecule has 0 fully saturated rings. The summed E-state index contributed by atoms with van der Waals surface area (Å²) in [7, 11) is 0. The molecule has 100 valence electrons. The van der Waals surface area contributed by atoms with Crippen LogP contribution in [0.2, 0.25) is 0 Å². The van der Waals surface area contributed by atoms with Crippen LogP contribution in [0.3, 0.4) is 0 Å². The van der Waals surface area contributed by atoms with E-state index in [0.717, 1.165) is 11.8 Å². The van der Waals surface area contributed by atoms with Crippen molar-refractivity contribution in [2.45, 2.75) is 19.4 Å². The molecule has 2 rings (SSSR count). The summed E-state index contributed by atoms with van der Waals surface area (Å²) in [5.74, 6) is 4.26. The second-order valence-electron chi connectivity index (χ2n) is 4.24. The average molecular weight is 264 g/mol. The number of benzene rings is 1. The van der Waals surface area contributed by atoms with E-state index in [0.29, 0.717) is 11.3 Å². The second kappa shape index (κ2) is 5.81. The van der Waals surface area contributed by atoms with E-state index in [9.17, 15) is 8.78 Å². The van der Waals surface area contributed by atoms with E-state index in [1.807, 2.05) is 6.92 Å². The van der Waals surface area contributed by atoms with E-state index in [1.165, 1.54) is 12.1 Å². The largest absolute Gasteiger partial charge is 0.271 e. The molecule has 0 saturated carbocycles. The second-order valence-corrected chi connectivity index (χ2v) is 4.24. The first-order valence-corrected chi connectivity index (χ1v) is 5.78. The lowest BCUT2D eigenvalue weighted by Gasteiger charge is -2.15. The molecule has 4 nitrogen and oxygen atoms in total. The highest BCUT2D eigenvalue weighted by Gasteiger charge is 2.15. The van der Waals surface area contributed by atoms with Crippen LogP contribution >= 0.6 is 0 Å². The monoisotopic (exact) mass is 264 g/mol. The van der Waals surface area contributed by atoms with Gasteiger partial charge in [0.05, 0.1) is 23.6 Å². The molecular weight excluding hydrogens is 250 g/mol. The van der Waals surface area contributed by atoms with Crippen LogP contribution in [0.1, 0.15) is 23.0 Å². The number of aromatic nitrogens is 2. The summed E-state index contributed by atoms with van der Waals surface area (Å²) in [5, 5.41) is 0. The molecule has 0 aliphatic rings. The number of hydrogen-bond acceptors (Lipinski definition) is 4. The maximum atomic E-state index is 13.6. The van der Waals surface area contributed by atoms with Gasteiger partial charge in [-0.1, -0.05) is 6.07 Å². The molecule has 19 heavy (non-hydrogen) atoms. The molecule has 1 aromatic carbocycles. The lowest BCUT2D eigenvalue weighted by molar-refractivity contribution is 0.511. The minimum absolute atomic E-state index is 0.264. The third-order valence-electron chi connectivity index (χ3n) is 2.80. The van der Waals surface area contributed by atoms with E-state index in [-0.39, 0.29) is 12.5 Å². The summed E-state index contributed by atoms with van der Waals surface area (Å²) in [4.78, 5) is 8.31. The summed E-state index contributed by atoms with van der Waals surface area (Å²) in [6.45, 7) is 1.82. The Kier molecular flexibility index (Phi) is 4.13. The first kappa shape index (κ1) is 13.5. The van der Waals surface area contributed by atoms with Crippen LogP contribution in [0.5, 0.6) is 0 Å². The fourth-order valence-electron chi connectivity index (χ4n) is 1.74. The van der Waals surface area contributed by atoms with Crippen molar-refractivity contribution in [2.24, 2.45) is 5.84 Å². The summed E-state index contributed by atoms with van der Waals surface area (Å²) in [6, 6.07) is 3.08. The van der Waals surface area contributed by atoms with Crippen LogP contribution in [0.15, 0.2) is 30.6 Å². The number of aryl methyl sites for hydroxylation is 1. The van der Waals surface area contributed by atoms with E-state index in [1.54, 1.807) is 12.4 Å². The van der Waals surface area contributed by atoms with Gasteiger partial charge < -0.3 is 0 Å². The number of halogens is 2. The van der Waals surface area contributed by atoms with Crippen molar-refractivity contribution in [3.63, 3.8) is 0 Å². The maximum Gasteiger partial charge on any atom is 0.129 e. The quantitative estimate of drug-likeness (QED) is 0.653. The number of rotatable bonds is 4. The summed E-state index contributed by atoms with van der Waals surface area (Å²) < 4.78 is 26.4. The topological polar surface area (TPSA) is 63.8 Å². The number of nitrogens with one attached hydrogen (secondary N) is 1. The zero-order valence-electron chi connectivity index (χ0n) is 10.4. The van der Waals surface area contributed by atoms with Gasteiger partial charge in [-0.15, -0.1) is 0 Å². The third-order valence-corrected chi connectivity index (χ3v) is 2.80. The van der Waals surface area contributed by atoms with Crippen molar-refractivity contribution < 1.29 is 8.78 Å². The van der Waals surface area contributed by atoms with Gasteiger partial charge in [0.25, 0.3) is 0 Å². The van der Waals surface area contributed by atoms with Gasteiger partial charge in [-0.05, 0) is 25.0 Å². The fraction of sp³-hybridized carbons (Fsp3) is 0.231. The van der Waals surface area contributed by atoms with Crippen molar-refractivity contribution in [2.75, 3.05) is 0 Å². The lowest BCUT2D eigenvalue weighted by atomic mass is 10.0. The molecule has 0 bridgehead atoms. The summed E-state index contributed by atoms with van der Waals surface area (Å²) in [6.07, 6.45) is 3.46. The van der Waals surface area contributed by atoms with Crippen LogP contribution in [0, 0.1) is 18.6 Å². The summed E-state index contributed by atoms with van der Waals surface area (Å²) >= 11 is 0. The number of hydrazine groups is 1. The molecule has 1 heterocycles. The Hall–Kier alpha value is -1.92. The molecule has 2 aromatic rings. The Bertz CT molecular complexity index is 557. The minimum atomic E-state index is -0.603. The van der Waals surface area contributed by atoms with Crippen LogP contribution < -0.4 is 11.3 Å². The molecule has 1 aromatic heterocycles. The Morgan fingerprint density at radius 3 is 2.63 bits per heavy atom. The van der Waals surface area contributed by atoms with Crippen LogP contribution in [-0.4, -0.2) is 9.97 Å². The van der Waals surface area contributed by atoms with E-state index >= 15 is 0 Å². The third kappa shape index (κ3) is 3.30. The van der Waals surface area contributed by atoms with Crippen LogP contribution in [0.4, 0.5) is 8.78 Å². The Balaban J connectivity index is 2.21. The molecule has 3 N–H and O–H groups in total. The molecular formula is C13H14F2N4. The Morgan fingerprint density at radius 2 is 2.05 bits per heavy atom. The lowest BCUT2D eigenvalue weighted by Crippen LogP contribution is -2.30. The molecule has 6 heteroatoms. The van der Waals surface area contributed by atoms with Gasteiger partial charge in [-0.25, -0.2) is 8.78 Å². The van der Waals surface area contributed by atoms with Crippen LogP contribution in [-0.2, 0) is 6.42 Å². The van der Waals surface area contributed by atoms with Crippen molar-refractivity contribution in [1.82, 2.24) is 15.4 Å². The average Bonchev–Trinajstić information content (AvgIpc) is 2.39. The van der Waals surface area contributed by atoms with Crippen molar-refractivity contribution in [3.05, 3.63) is 59.2 Å². The van der Waals surface area contributed by atoms with Gasteiger partial charge in [-0.2, -0.15) is 0 Å². The van der Waals surface area contributed by atoms with Crippen molar-refractivity contribution in [1.29, 1.82) is 0 Å². The van der Waals surface area contributed by atoms with Crippen molar-refractivity contribution in [3.8, 4) is 0 Å². The maximum absolute atomic E-state index is 13.6. The highest BCUT2D eigenvalue weighted by atomic mass is 19.1. The standard InChI is InChI=1S/C13H14F2N4/c1-8-6-18-13(7-17-8)12(19-16)4-9-2-3-10(14)5-11(9)15/h2-3,5-7,12,19H,4,16H2,1H3. The Labute approximate surface area is 109 Å². The van der Waals surface area contributed by atoms with Gasteiger partial charge in [-0.3, -0.25) is 21.2 Å². The normalized spacial score (nSPS) is 12.4. The molecule has 1 unspecified atom stereocenters. The smallest absolute Gasteiger partial charge is 0.129 e. The highest BCUT2D eigenvalue weighted by Crippen LogP contribution is 2.18. The van der Waals surface area contributed by atoms with E-state index < -0.39 is 11.6 Å². The minimum Gasteiger partial charge on any atom is -0.271 e. The van der Waals surface area contributed by atoms with Gasteiger partial charge >= 0.3 is 0 Å². The predicted octanol–water partition coefficient (Wildman–Crippen LogP) is 1.81.